The second-order valence-electron chi connectivity index (χ2n) is 7.15. The number of aromatic nitrogens is 1. The fourth-order valence-electron chi connectivity index (χ4n) is 3.46. The molecular weight excluding hydrogens is 377 g/mol. The van der Waals surface area contributed by atoms with Gasteiger partial charge in [0.1, 0.15) is 17.5 Å². The molecule has 1 aromatic heterocycles. The molecule has 152 valence electrons. The molecular formula is C25H24FN3O. The van der Waals surface area contributed by atoms with Gasteiger partial charge in [-0.05, 0) is 74.2 Å². The molecule has 30 heavy (non-hydrogen) atoms. The lowest BCUT2D eigenvalue weighted by Crippen LogP contribution is -2.25. The van der Waals surface area contributed by atoms with Gasteiger partial charge >= 0.3 is 0 Å². The largest absolute Gasteiger partial charge is 0.351 e. The van der Waals surface area contributed by atoms with Crippen molar-refractivity contribution >= 4 is 12.0 Å². The molecule has 0 unspecified atom stereocenters. The summed E-state index contributed by atoms with van der Waals surface area (Å²) in [7, 11) is 0. The zero-order valence-electron chi connectivity index (χ0n) is 17.2. The summed E-state index contributed by atoms with van der Waals surface area (Å²) in [4.78, 5) is 12.5. The van der Waals surface area contributed by atoms with Gasteiger partial charge < -0.3 is 9.88 Å². The van der Waals surface area contributed by atoms with Gasteiger partial charge in [-0.1, -0.05) is 30.3 Å². The van der Waals surface area contributed by atoms with Crippen LogP contribution in [0.4, 0.5) is 4.39 Å². The molecule has 1 N–H and O–H groups in total. The third-order valence-electron chi connectivity index (χ3n) is 4.99. The topological polar surface area (TPSA) is 57.8 Å². The molecule has 2 aromatic carbocycles. The van der Waals surface area contributed by atoms with Gasteiger partial charge in [-0.2, -0.15) is 5.26 Å². The van der Waals surface area contributed by atoms with Crippen LogP contribution in [0.5, 0.6) is 0 Å². The van der Waals surface area contributed by atoms with Gasteiger partial charge in [0.25, 0.3) is 5.91 Å². The SMILES string of the molecule is Cc1cc(/C=C(/C#N)C(=O)NCCCc2ccccc2)c(C)n1-c1ccc(F)cc1. The Kier molecular flexibility index (Phi) is 6.82. The van der Waals surface area contributed by atoms with Crippen molar-refractivity contribution in [2.24, 2.45) is 0 Å². The van der Waals surface area contributed by atoms with Crippen LogP contribution in [0, 0.1) is 31.0 Å². The molecule has 0 fully saturated rings. The Labute approximate surface area is 176 Å². The fourth-order valence-corrected chi connectivity index (χ4v) is 3.46. The Morgan fingerprint density at radius 3 is 2.50 bits per heavy atom. The maximum absolute atomic E-state index is 13.2. The van der Waals surface area contributed by atoms with Crippen LogP contribution < -0.4 is 5.32 Å². The molecule has 3 aromatic rings. The smallest absolute Gasteiger partial charge is 0.261 e. The first-order valence-corrected chi connectivity index (χ1v) is 9.88. The monoisotopic (exact) mass is 401 g/mol. The number of hydrogen-bond acceptors (Lipinski definition) is 2. The van der Waals surface area contributed by atoms with Crippen molar-refractivity contribution in [3.63, 3.8) is 0 Å². The van der Waals surface area contributed by atoms with E-state index in [9.17, 15) is 14.4 Å². The summed E-state index contributed by atoms with van der Waals surface area (Å²) in [5, 5.41) is 12.3. The van der Waals surface area contributed by atoms with Crippen LogP contribution in [0.25, 0.3) is 11.8 Å². The minimum absolute atomic E-state index is 0.0640. The molecule has 0 atom stereocenters. The molecule has 3 rings (SSSR count). The molecule has 5 heteroatoms. The van der Waals surface area contributed by atoms with Gasteiger partial charge in [0, 0.05) is 23.6 Å². The quantitative estimate of drug-likeness (QED) is 0.348. The highest BCUT2D eigenvalue weighted by Crippen LogP contribution is 2.23. The summed E-state index contributed by atoms with van der Waals surface area (Å²) < 4.78 is 15.2. The summed E-state index contributed by atoms with van der Waals surface area (Å²) in [5.41, 5.74) is 4.71. The van der Waals surface area contributed by atoms with Gasteiger partial charge in [0.15, 0.2) is 0 Å². The minimum atomic E-state index is -0.378. The molecule has 0 saturated heterocycles. The van der Waals surface area contributed by atoms with Gasteiger partial charge in [0.05, 0.1) is 0 Å². The minimum Gasteiger partial charge on any atom is -0.351 e. The highest BCUT2D eigenvalue weighted by molar-refractivity contribution is 6.01. The normalized spacial score (nSPS) is 11.2. The van der Waals surface area contributed by atoms with E-state index in [1.807, 2.05) is 48.7 Å². The molecule has 0 saturated carbocycles. The molecule has 1 amide bonds. The van der Waals surface area contributed by atoms with E-state index in [1.54, 1.807) is 18.2 Å². The lowest BCUT2D eigenvalue weighted by Gasteiger charge is -2.09. The van der Waals surface area contributed by atoms with Crippen LogP contribution in [0.2, 0.25) is 0 Å². The predicted octanol–water partition coefficient (Wildman–Crippen LogP) is 4.89. The number of nitrogens with one attached hydrogen (secondary N) is 1. The Bertz CT molecular complexity index is 1090. The first kappa shape index (κ1) is 21.1. The summed E-state index contributed by atoms with van der Waals surface area (Å²) in [6.45, 7) is 4.35. The van der Waals surface area contributed by atoms with Crippen molar-refractivity contribution in [2.75, 3.05) is 6.54 Å². The average molecular weight is 401 g/mol. The predicted molar refractivity (Wildman–Crippen MR) is 117 cm³/mol. The Balaban J connectivity index is 1.69. The molecule has 0 radical (unpaired) electrons. The summed E-state index contributed by atoms with van der Waals surface area (Å²) in [6, 6.07) is 20.2. The van der Waals surface area contributed by atoms with Crippen LogP contribution in [0.15, 0.2) is 66.2 Å². The van der Waals surface area contributed by atoms with Crippen LogP contribution in [0.3, 0.4) is 0 Å². The second kappa shape index (κ2) is 9.71. The lowest BCUT2D eigenvalue weighted by atomic mass is 10.1. The highest BCUT2D eigenvalue weighted by atomic mass is 19.1. The van der Waals surface area contributed by atoms with Crippen molar-refractivity contribution in [1.29, 1.82) is 5.26 Å². The number of nitrogens with zero attached hydrogens (tertiary/aromatic N) is 2. The maximum atomic E-state index is 13.2. The van der Waals surface area contributed by atoms with Gasteiger partial charge in [-0.25, -0.2) is 4.39 Å². The third kappa shape index (κ3) is 5.03. The van der Waals surface area contributed by atoms with Gasteiger partial charge in [-0.3, -0.25) is 4.79 Å². The third-order valence-corrected chi connectivity index (χ3v) is 4.99. The zero-order valence-corrected chi connectivity index (χ0v) is 17.2. The van der Waals surface area contributed by atoms with Gasteiger partial charge in [-0.15, -0.1) is 0 Å². The van der Waals surface area contributed by atoms with Crippen molar-refractivity contribution in [2.45, 2.75) is 26.7 Å². The molecule has 0 spiro atoms. The van der Waals surface area contributed by atoms with Crippen LogP contribution >= 0.6 is 0 Å². The summed E-state index contributed by atoms with van der Waals surface area (Å²) in [5.74, 6) is -0.672. The molecule has 0 bridgehead atoms. The van der Waals surface area contributed by atoms with E-state index in [4.69, 9.17) is 0 Å². The van der Waals surface area contributed by atoms with E-state index in [1.165, 1.54) is 17.7 Å². The molecule has 1 heterocycles. The molecule has 0 aliphatic carbocycles. The zero-order chi connectivity index (χ0) is 21.5. The maximum Gasteiger partial charge on any atom is 0.261 e. The number of hydrogen-bond donors (Lipinski definition) is 1. The number of carbonyl (C=O) groups is 1. The van der Waals surface area contributed by atoms with E-state index >= 15 is 0 Å². The average Bonchev–Trinajstić information content (AvgIpc) is 3.03. The van der Waals surface area contributed by atoms with E-state index in [0.717, 1.165) is 35.5 Å². The fraction of sp³-hybridized carbons (Fsp3) is 0.200. The highest BCUT2D eigenvalue weighted by Gasteiger charge is 2.13. The van der Waals surface area contributed by atoms with E-state index in [2.05, 4.69) is 17.4 Å². The van der Waals surface area contributed by atoms with Crippen LogP contribution in [0.1, 0.15) is 28.9 Å². The Hall–Kier alpha value is -3.65. The summed E-state index contributed by atoms with van der Waals surface area (Å²) >= 11 is 0. The number of rotatable bonds is 7. The first-order valence-electron chi connectivity index (χ1n) is 9.88. The Morgan fingerprint density at radius 2 is 1.83 bits per heavy atom. The van der Waals surface area contributed by atoms with E-state index < -0.39 is 0 Å². The molecule has 0 aliphatic heterocycles. The summed E-state index contributed by atoms with van der Waals surface area (Å²) in [6.07, 6.45) is 3.27. The number of benzene rings is 2. The van der Waals surface area contributed by atoms with Gasteiger partial charge in [0.2, 0.25) is 0 Å². The first-order chi connectivity index (χ1) is 14.5. The second-order valence-corrected chi connectivity index (χ2v) is 7.15. The van der Waals surface area contributed by atoms with Crippen LogP contribution in [-0.2, 0) is 11.2 Å². The van der Waals surface area contributed by atoms with Crippen molar-refractivity contribution in [3.05, 3.63) is 94.6 Å². The standard InChI is InChI=1S/C25H24FN3O/c1-18-15-21(19(2)29(18)24-12-10-23(26)11-13-24)16-22(17-27)25(30)28-14-6-9-20-7-4-3-5-8-20/h3-5,7-8,10-13,15-16H,6,9,14H2,1-2H3,(H,28,30)/b22-16-. The molecule has 0 aliphatic rings. The number of halogens is 1. The number of aryl methyl sites for hydroxylation is 2. The van der Waals surface area contributed by atoms with Crippen molar-refractivity contribution < 1.29 is 9.18 Å². The van der Waals surface area contributed by atoms with E-state index in [-0.39, 0.29) is 17.3 Å². The van der Waals surface area contributed by atoms with Crippen molar-refractivity contribution in [1.82, 2.24) is 9.88 Å². The molecule has 4 nitrogen and oxygen atoms in total. The van der Waals surface area contributed by atoms with Crippen molar-refractivity contribution in [3.8, 4) is 11.8 Å². The lowest BCUT2D eigenvalue weighted by molar-refractivity contribution is -0.117. The van der Waals surface area contributed by atoms with E-state index in [0.29, 0.717) is 6.54 Å². The number of amides is 1. The van der Waals surface area contributed by atoms with Crippen LogP contribution in [-0.4, -0.2) is 17.0 Å². The number of nitriles is 1. The number of carbonyl (C=O) groups excluding carboxylic acids is 1. The Morgan fingerprint density at radius 1 is 1.13 bits per heavy atom.